The number of H-pyrrole nitrogens is 1. The third kappa shape index (κ3) is 4.63. The van der Waals surface area contributed by atoms with Gasteiger partial charge >= 0.3 is 0 Å². The van der Waals surface area contributed by atoms with E-state index in [1.165, 1.54) is 0 Å². The summed E-state index contributed by atoms with van der Waals surface area (Å²) in [6.07, 6.45) is 3.69. The maximum Gasteiger partial charge on any atom is 0.275 e. The van der Waals surface area contributed by atoms with Crippen molar-refractivity contribution in [3.8, 4) is 0 Å². The number of unbranched alkanes of at least 4 members (excludes halogenated alkanes) is 1. The van der Waals surface area contributed by atoms with Crippen molar-refractivity contribution in [1.82, 2.24) is 20.4 Å². The second-order valence-electron chi connectivity index (χ2n) is 7.18. The number of piperidine rings is 1. The number of hydrogen-bond acceptors (Lipinski definition) is 3. The second kappa shape index (κ2) is 8.83. The minimum Gasteiger partial charge on any atom is -0.356 e. The Balaban J connectivity index is 2.08. The molecule has 1 fully saturated rings. The number of likely N-dealkylation sites (tertiary alicyclic amines) is 1. The van der Waals surface area contributed by atoms with Crippen molar-refractivity contribution >= 4 is 27.7 Å². The zero-order valence-electron chi connectivity index (χ0n) is 15.6. The van der Waals surface area contributed by atoms with Gasteiger partial charge in [-0.2, -0.15) is 5.10 Å². The summed E-state index contributed by atoms with van der Waals surface area (Å²) in [4.78, 5) is 27.1. The van der Waals surface area contributed by atoms with E-state index in [1.54, 1.807) is 4.90 Å². The molecular weight excluding hydrogens is 384 g/mol. The van der Waals surface area contributed by atoms with Crippen LogP contribution in [0.1, 0.15) is 75.5 Å². The van der Waals surface area contributed by atoms with Crippen LogP contribution in [0.5, 0.6) is 0 Å². The van der Waals surface area contributed by atoms with Gasteiger partial charge in [0.15, 0.2) is 5.69 Å². The molecule has 1 aromatic rings. The molecule has 2 amide bonds. The van der Waals surface area contributed by atoms with Crippen LogP contribution in [0, 0.1) is 5.92 Å². The number of nitrogens with zero attached hydrogens (tertiary/aromatic N) is 2. The summed E-state index contributed by atoms with van der Waals surface area (Å²) >= 11 is 3.50. The van der Waals surface area contributed by atoms with Gasteiger partial charge in [0.1, 0.15) is 0 Å². The van der Waals surface area contributed by atoms with E-state index in [9.17, 15) is 9.59 Å². The monoisotopic (exact) mass is 412 g/mol. The summed E-state index contributed by atoms with van der Waals surface area (Å²) in [5.41, 5.74) is 1.32. The molecule has 2 heterocycles. The molecule has 1 saturated heterocycles. The summed E-state index contributed by atoms with van der Waals surface area (Å²) in [5, 5.41) is 10.2. The van der Waals surface area contributed by atoms with Gasteiger partial charge in [-0.05, 0) is 48.0 Å². The Kier molecular flexibility index (Phi) is 7.04. The summed E-state index contributed by atoms with van der Waals surface area (Å²) in [7, 11) is 0. The average molecular weight is 413 g/mol. The van der Waals surface area contributed by atoms with Crippen molar-refractivity contribution in [3.05, 3.63) is 15.9 Å². The maximum atomic E-state index is 13.0. The fraction of sp³-hybridized carbons (Fsp3) is 0.722. The number of aromatic nitrogens is 2. The third-order valence-corrected chi connectivity index (χ3v) is 5.66. The standard InChI is InChI=1S/C18H29BrN4O2/c1-5-6-9-20-17(24)13-8-7-12(4)23(10-13)18(25)16-14(19)15(11(2)3)21-22-16/h11-13H,5-10H2,1-4H3,(H,20,24)(H,21,22). The molecule has 1 aliphatic heterocycles. The summed E-state index contributed by atoms with van der Waals surface area (Å²) < 4.78 is 0.731. The van der Waals surface area contributed by atoms with E-state index in [1.807, 2.05) is 20.8 Å². The molecule has 2 N–H and O–H groups in total. The molecule has 0 bridgehead atoms. The van der Waals surface area contributed by atoms with E-state index in [0.29, 0.717) is 18.8 Å². The molecule has 2 atom stereocenters. The van der Waals surface area contributed by atoms with Crippen LogP contribution in [0.25, 0.3) is 0 Å². The van der Waals surface area contributed by atoms with Crippen LogP contribution in [0.2, 0.25) is 0 Å². The van der Waals surface area contributed by atoms with Crippen molar-refractivity contribution in [1.29, 1.82) is 0 Å². The van der Waals surface area contributed by atoms with Crippen molar-refractivity contribution in [2.24, 2.45) is 5.92 Å². The van der Waals surface area contributed by atoms with Gasteiger partial charge < -0.3 is 10.2 Å². The highest BCUT2D eigenvalue weighted by Gasteiger charge is 2.35. The van der Waals surface area contributed by atoms with Crippen molar-refractivity contribution in [2.75, 3.05) is 13.1 Å². The Morgan fingerprint density at radius 1 is 1.40 bits per heavy atom. The molecule has 0 aromatic carbocycles. The van der Waals surface area contributed by atoms with E-state index < -0.39 is 0 Å². The van der Waals surface area contributed by atoms with E-state index >= 15 is 0 Å². The van der Waals surface area contributed by atoms with E-state index in [4.69, 9.17) is 0 Å². The van der Waals surface area contributed by atoms with Gasteiger partial charge in [0, 0.05) is 19.1 Å². The molecule has 140 valence electrons. The van der Waals surface area contributed by atoms with E-state index in [-0.39, 0.29) is 29.7 Å². The molecule has 7 heteroatoms. The summed E-state index contributed by atoms with van der Waals surface area (Å²) in [5.74, 6) is 0.0503. The van der Waals surface area contributed by atoms with E-state index in [0.717, 1.165) is 35.8 Å². The van der Waals surface area contributed by atoms with Crippen molar-refractivity contribution in [3.63, 3.8) is 0 Å². The fourth-order valence-corrected chi connectivity index (χ4v) is 3.94. The van der Waals surface area contributed by atoms with Crippen LogP contribution in [0.4, 0.5) is 0 Å². The Labute approximate surface area is 158 Å². The van der Waals surface area contributed by atoms with Crippen LogP contribution in [0.15, 0.2) is 4.47 Å². The minimum atomic E-state index is -0.140. The molecule has 6 nitrogen and oxygen atoms in total. The van der Waals surface area contributed by atoms with Crippen LogP contribution in [-0.4, -0.2) is 46.0 Å². The zero-order chi connectivity index (χ0) is 18.6. The summed E-state index contributed by atoms with van der Waals surface area (Å²) in [6.45, 7) is 9.39. The third-order valence-electron chi connectivity index (χ3n) is 4.86. The SMILES string of the molecule is CCCCNC(=O)C1CCC(C)N(C(=O)c2n[nH]c(C(C)C)c2Br)C1. The van der Waals surface area contributed by atoms with Gasteiger partial charge in [-0.15, -0.1) is 0 Å². The number of rotatable bonds is 6. The van der Waals surface area contributed by atoms with Gasteiger partial charge in [-0.3, -0.25) is 14.7 Å². The minimum absolute atomic E-state index is 0.0575. The van der Waals surface area contributed by atoms with Crippen LogP contribution < -0.4 is 5.32 Å². The molecule has 25 heavy (non-hydrogen) atoms. The Bertz CT molecular complexity index is 614. The lowest BCUT2D eigenvalue weighted by atomic mass is 9.92. The first-order valence-corrected chi connectivity index (χ1v) is 9.98. The normalized spacial score (nSPS) is 20.8. The fourth-order valence-electron chi connectivity index (χ4n) is 3.14. The molecule has 2 rings (SSSR count). The quantitative estimate of drug-likeness (QED) is 0.702. The Morgan fingerprint density at radius 3 is 2.72 bits per heavy atom. The zero-order valence-corrected chi connectivity index (χ0v) is 17.1. The van der Waals surface area contributed by atoms with Gasteiger partial charge in [0.05, 0.1) is 16.1 Å². The maximum absolute atomic E-state index is 13.0. The number of amides is 2. The molecule has 0 saturated carbocycles. The number of carbonyl (C=O) groups excluding carboxylic acids is 2. The predicted molar refractivity (Wildman–Crippen MR) is 102 cm³/mol. The van der Waals surface area contributed by atoms with E-state index in [2.05, 4.69) is 38.4 Å². The molecule has 2 unspecified atom stereocenters. The average Bonchev–Trinajstić information content (AvgIpc) is 2.96. The lowest BCUT2D eigenvalue weighted by molar-refractivity contribution is -0.126. The highest BCUT2D eigenvalue weighted by molar-refractivity contribution is 9.10. The first-order chi connectivity index (χ1) is 11.9. The van der Waals surface area contributed by atoms with Crippen molar-refractivity contribution < 1.29 is 9.59 Å². The van der Waals surface area contributed by atoms with Gasteiger partial charge in [0.25, 0.3) is 5.91 Å². The molecule has 1 aromatic heterocycles. The first kappa shape index (κ1) is 19.9. The lowest BCUT2D eigenvalue weighted by Gasteiger charge is -2.37. The number of aromatic amines is 1. The highest BCUT2D eigenvalue weighted by Crippen LogP contribution is 2.29. The molecule has 0 radical (unpaired) electrons. The summed E-state index contributed by atoms with van der Waals surface area (Å²) in [6, 6.07) is 0.110. The smallest absolute Gasteiger partial charge is 0.275 e. The largest absolute Gasteiger partial charge is 0.356 e. The molecule has 1 aliphatic rings. The van der Waals surface area contributed by atoms with Gasteiger partial charge in [0.2, 0.25) is 5.91 Å². The topological polar surface area (TPSA) is 78.1 Å². The van der Waals surface area contributed by atoms with Crippen LogP contribution in [0.3, 0.4) is 0 Å². The lowest BCUT2D eigenvalue weighted by Crippen LogP contribution is -2.49. The molecule has 0 spiro atoms. The predicted octanol–water partition coefficient (Wildman–Crippen LogP) is 3.45. The Hall–Kier alpha value is -1.37. The first-order valence-electron chi connectivity index (χ1n) is 9.19. The molecule has 0 aliphatic carbocycles. The van der Waals surface area contributed by atoms with Gasteiger partial charge in [-0.1, -0.05) is 27.2 Å². The second-order valence-corrected chi connectivity index (χ2v) is 7.97. The Morgan fingerprint density at radius 2 is 2.12 bits per heavy atom. The number of hydrogen-bond donors (Lipinski definition) is 2. The van der Waals surface area contributed by atoms with Crippen LogP contribution >= 0.6 is 15.9 Å². The number of nitrogens with one attached hydrogen (secondary N) is 2. The highest BCUT2D eigenvalue weighted by atomic mass is 79.9. The van der Waals surface area contributed by atoms with Gasteiger partial charge in [-0.25, -0.2) is 0 Å². The number of halogens is 1. The van der Waals surface area contributed by atoms with Crippen molar-refractivity contribution in [2.45, 2.75) is 65.3 Å². The number of carbonyl (C=O) groups is 2. The van der Waals surface area contributed by atoms with Crippen LogP contribution in [-0.2, 0) is 4.79 Å². The molecular formula is C18H29BrN4O2.